The molecule has 0 saturated carbocycles. The number of nitrogen functional groups attached to an aromatic ring is 1. The highest BCUT2D eigenvalue weighted by molar-refractivity contribution is 6.31. The van der Waals surface area contributed by atoms with Crippen LogP contribution in [-0.2, 0) is 0 Å². The van der Waals surface area contributed by atoms with Crippen molar-refractivity contribution in [1.82, 2.24) is 9.78 Å². The standard InChI is InChI=1S/C11H12ClN3/c1-7-11(12)8(2)15(14-7)10-6-4-3-5-9(10)13/h3-6H,13H2,1-2H3. The minimum Gasteiger partial charge on any atom is -0.397 e. The lowest BCUT2D eigenvalue weighted by Crippen LogP contribution is -2.02. The number of benzene rings is 1. The van der Waals surface area contributed by atoms with Crippen molar-refractivity contribution in [2.45, 2.75) is 13.8 Å². The first-order valence-electron chi connectivity index (χ1n) is 4.68. The molecule has 2 rings (SSSR count). The molecule has 0 aliphatic carbocycles. The third-order valence-corrected chi connectivity index (χ3v) is 2.91. The van der Waals surface area contributed by atoms with Crippen LogP contribution >= 0.6 is 11.6 Å². The van der Waals surface area contributed by atoms with Gasteiger partial charge in [0.25, 0.3) is 0 Å². The number of para-hydroxylation sites is 2. The van der Waals surface area contributed by atoms with E-state index in [4.69, 9.17) is 17.3 Å². The van der Waals surface area contributed by atoms with Gasteiger partial charge in [0, 0.05) is 0 Å². The maximum absolute atomic E-state index is 6.08. The molecule has 0 radical (unpaired) electrons. The van der Waals surface area contributed by atoms with Gasteiger partial charge in [-0.25, -0.2) is 4.68 Å². The van der Waals surface area contributed by atoms with Crippen LogP contribution in [-0.4, -0.2) is 9.78 Å². The molecule has 1 aromatic heterocycles. The molecule has 0 aliphatic rings. The van der Waals surface area contributed by atoms with Crippen LogP contribution < -0.4 is 5.73 Å². The summed E-state index contributed by atoms with van der Waals surface area (Å²) in [7, 11) is 0. The lowest BCUT2D eigenvalue weighted by molar-refractivity contribution is 0.836. The molecule has 78 valence electrons. The predicted molar refractivity (Wildman–Crippen MR) is 62.5 cm³/mol. The molecule has 0 fully saturated rings. The molecule has 2 aromatic rings. The lowest BCUT2D eigenvalue weighted by Gasteiger charge is -2.06. The van der Waals surface area contributed by atoms with Gasteiger partial charge in [0.15, 0.2) is 0 Å². The molecule has 1 aromatic carbocycles. The summed E-state index contributed by atoms with van der Waals surface area (Å²) in [4.78, 5) is 0. The second-order valence-electron chi connectivity index (χ2n) is 3.46. The van der Waals surface area contributed by atoms with Crippen LogP contribution in [0.1, 0.15) is 11.4 Å². The molecule has 3 nitrogen and oxygen atoms in total. The first-order chi connectivity index (χ1) is 7.11. The Morgan fingerprint density at radius 1 is 1.27 bits per heavy atom. The Kier molecular flexibility index (Phi) is 2.40. The lowest BCUT2D eigenvalue weighted by atomic mass is 10.2. The largest absolute Gasteiger partial charge is 0.397 e. The number of hydrogen-bond donors (Lipinski definition) is 1. The fraction of sp³-hybridized carbons (Fsp3) is 0.182. The first kappa shape index (κ1) is 10.1. The van der Waals surface area contributed by atoms with Gasteiger partial charge in [-0.2, -0.15) is 5.10 Å². The summed E-state index contributed by atoms with van der Waals surface area (Å²) < 4.78 is 1.77. The van der Waals surface area contributed by atoms with Gasteiger partial charge in [0.05, 0.1) is 27.8 Å². The van der Waals surface area contributed by atoms with E-state index in [2.05, 4.69) is 5.10 Å². The Bertz CT molecular complexity index is 503. The van der Waals surface area contributed by atoms with Gasteiger partial charge in [-0.1, -0.05) is 23.7 Å². The van der Waals surface area contributed by atoms with Crippen LogP contribution in [0.4, 0.5) is 5.69 Å². The second kappa shape index (κ2) is 3.59. The molecule has 0 aliphatic heterocycles. The van der Waals surface area contributed by atoms with Crippen LogP contribution in [0.5, 0.6) is 0 Å². The van der Waals surface area contributed by atoms with E-state index < -0.39 is 0 Å². The van der Waals surface area contributed by atoms with Gasteiger partial charge in [-0.15, -0.1) is 0 Å². The number of aryl methyl sites for hydroxylation is 1. The van der Waals surface area contributed by atoms with E-state index in [-0.39, 0.29) is 0 Å². The zero-order chi connectivity index (χ0) is 11.0. The fourth-order valence-electron chi connectivity index (χ4n) is 1.54. The molecule has 0 bridgehead atoms. The van der Waals surface area contributed by atoms with E-state index in [0.29, 0.717) is 10.7 Å². The molecule has 1 heterocycles. The van der Waals surface area contributed by atoms with Crippen LogP contribution in [0, 0.1) is 13.8 Å². The minimum atomic E-state index is 0.693. The maximum atomic E-state index is 6.08. The summed E-state index contributed by atoms with van der Waals surface area (Å²) in [6.45, 7) is 3.81. The van der Waals surface area contributed by atoms with Crippen molar-refractivity contribution < 1.29 is 0 Å². The van der Waals surface area contributed by atoms with E-state index >= 15 is 0 Å². The van der Waals surface area contributed by atoms with Crippen LogP contribution in [0.25, 0.3) is 5.69 Å². The van der Waals surface area contributed by atoms with E-state index in [9.17, 15) is 0 Å². The average Bonchev–Trinajstić information content (AvgIpc) is 2.47. The minimum absolute atomic E-state index is 0.693. The van der Waals surface area contributed by atoms with E-state index in [1.807, 2.05) is 38.1 Å². The van der Waals surface area contributed by atoms with Crippen molar-refractivity contribution in [3.8, 4) is 5.69 Å². The topological polar surface area (TPSA) is 43.8 Å². The van der Waals surface area contributed by atoms with Gasteiger partial charge in [-0.05, 0) is 26.0 Å². The second-order valence-corrected chi connectivity index (χ2v) is 3.83. The third kappa shape index (κ3) is 1.59. The molecule has 4 heteroatoms. The highest BCUT2D eigenvalue weighted by Gasteiger charge is 2.11. The quantitative estimate of drug-likeness (QED) is 0.753. The van der Waals surface area contributed by atoms with Crippen LogP contribution in [0.2, 0.25) is 5.02 Å². The number of anilines is 1. The molecular formula is C11H12ClN3. The molecule has 0 atom stereocenters. The molecular weight excluding hydrogens is 210 g/mol. The van der Waals surface area contributed by atoms with E-state index in [1.54, 1.807) is 4.68 Å². The maximum Gasteiger partial charge on any atom is 0.0878 e. The van der Waals surface area contributed by atoms with Gasteiger partial charge in [-0.3, -0.25) is 0 Å². The van der Waals surface area contributed by atoms with Gasteiger partial charge < -0.3 is 5.73 Å². The summed E-state index contributed by atoms with van der Waals surface area (Å²) in [6.07, 6.45) is 0. The predicted octanol–water partition coefficient (Wildman–Crippen LogP) is 2.72. The van der Waals surface area contributed by atoms with Gasteiger partial charge in [0.2, 0.25) is 0 Å². The number of hydrogen-bond acceptors (Lipinski definition) is 2. The van der Waals surface area contributed by atoms with Crippen molar-refractivity contribution in [2.75, 3.05) is 5.73 Å². The molecule has 2 N–H and O–H groups in total. The summed E-state index contributed by atoms with van der Waals surface area (Å²) in [6, 6.07) is 7.59. The molecule has 15 heavy (non-hydrogen) atoms. The Morgan fingerprint density at radius 2 is 1.93 bits per heavy atom. The number of halogens is 1. The summed E-state index contributed by atoms with van der Waals surface area (Å²) in [5.74, 6) is 0. The number of rotatable bonds is 1. The highest BCUT2D eigenvalue weighted by Crippen LogP contribution is 2.24. The monoisotopic (exact) mass is 221 g/mol. The van der Waals surface area contributed by atoms with Crippen molar-refractivity contribution in [2.24, 2.45) is 0 Å². The summed E-state index contributed by atoms with van der Waals surface area (Å²) >= 11 is 6.08. The number of nitrogens with zero attached hydrogens (tertiary/aromatic N) is 2. The van der Waals surface area contributed by atoms with Crippen molar-refractivity contribution in [3.05, 3.63) is 40.7 Å². The van der Waals surface area contributed by atoms with Gasteiger partial charge in [0.1, 0.15) is 0 Å². The van der Waals surface area contributed by atoms with E-state index in [0.717, 1.165) is 17.1 Å². The van der Waals surface area contributed by atoms with Crippen LogP contribution in [0.15, 0.2) is 24.3 Å². The van der Waals surface area contributed by atoms with Crippen molar-refractivity contribution in [3.63, 3.8) is 0 Å². The third-order valence-electron chi connectivity index (χ3n) is 2.37. The van der Waals surface area contributed by atoms with E-state index in [1.165, 1.54) is 0 Å². The molecule has 0 amide bonds. The summed E-state index contributed by atoms with van der Waals surface area (Å²) in [5.41, 5.74) is 9.16. The Labute approximate surface area is 93.5 Å². The SMILES string of the molecule is Cc1nn(-c2ccccc2N)c(C)c1Cl. The van der Waals surface area contributed by atoms with Crippen LogP contribution in [0.3, 0.4) is 0 Å². The van der Waals surface area contributed by atoms with Crippen molar-refractivity contribution in [1.29, 1.82) is 0 Å². The first-order valence-corrected chi connectivity index (χ1v) is 5.05. The van der Waals surface area contributed by atoms with Gasteiger partial charge >= 0.3 is 0 Å². The smallest absolute Gasteiger partial charge is 0.0878 e. The fourth-order valence-corrected chi connectivity index (χ4v) is 1.66. The average molecular weight is 222 g/mol. The normalized spacial score (nSPS) is 10.6. The highest BCUT2D eigenvalue weighted by atomic mass is 35.5. The molecule has 0 spiro atoms. The zero-order valence-electron chi connectivity index (χ0n) is 8.66. The molecule has 0 saturated heterocycles. The number of aromatic nitrogens is 2. The zero-order valence-corrected chi connectivity index (χ0v) is 9.42. The summed E-state index contributed by atoms with van der Waals surface area (Å²) in [5, 5.41) is 5.04. The number of nitrogens with two attached hydrogens (primary N) is 1. The Hall–Kier alpha value is -1.48. The Morgan fingerprint density at radius 3 is 2.47 bits per heavy atom. The molecule has 0 unspecified atom stereocenters. The Balaban J connectivity index is 2.65. The van der Waals surface area contributed by atoms with Crippen molar-refractivity contribution >= 4 is 17.3 Å².